The first-order chi connectivity index (χ1) is 3.41. The van der Waals surface area contributed by atoms with Gasteiger partial charge in [-0.15, -0.1) is 0 Å². The summed E-state index contributed by atoms with van der Waals surface area (Å²) in [6.45, 7) is 0.714. The van der Waals surface area contributed by atoms with Crippen molar-refractivity contribution in [2.24, 2.45) is 0 Å². The second-order valence-corrected chi connectivity index (χ2v) is 1.73. The summed E-state index contributed by atoms with van der Waals surface area (Å²) < 4.78 is 4.74. The van der Waals surface area contributed by atoms with Crippen molar-refractivity contribution in [1.29, 1.82) is 0 Å². The van der Waals surface area contributed by atoms with Crippen molar-refractivity contribution in [3.63, 3.8) is 0 Å². The van der Waals surface area contributed by atoms with E-state index in [-0.39, 0.29) is 0 Å². The van der Waals surface area contributed by atoms with E-state index in [9.17, 15) is 0 Å². The van der Waals surface area contributed by atoms with Crippen LogP contribution < -0.4 is 0 Å². The molecule has 0 heterocycles. The number of methoxy groups -OCH3 is 1. The minimum absolute atomic E-state index is 0.714. The Hall–Kier alpha value is 0.180. The number of rotatable bonds is 3. The third-order valence-electron chi connectivity index (χ3n) is 0.519. The first kappa shape index (κ1) is 7.18. The molecule has 2 heteroatoms. The zero-order valence-corrected chi connectivity index (χ0v) is 5.94. The fraction of sp³-hybridized carbons (Fsp3) is 0.600. The van der Waals surface area contributed by atoms with E-state index in [1.165, 1.54) is 0 Å². The zero-order valence-electron chi connectivity index (χ0n) is 4.36. The molecule has 0 aromatic heterocycles. The van der Waals surface area contributed by atoms with Crippen molar-refractivity contribution in [2.75, 3.05) is 19.0 Å². The van der Waals surface area contributed by atoms with Gasteiger partial charge < -0.3 is 4.74 Å². The lowest BCUT2D eigenvalue weighted by atomic mass is 10.6. The van der Waals surface area contributed by atoms with Gasteiger partial charge in [0.2, 0.25) is 0 Å². The van der Waals surface area contributed by atoms with Gasteiger partial charge >= 0.3 is 0 Å². The monoisotopic (exact) mass is 164 g/mol. The molecule has 0 aliphatic rings. The van der Waals surface area contributed by atoms with E-state index < -0.39 is 0 Å². The maximum atomic E-state index is 4.74. The number of hydrogen-bond donors (Lipinski definition) is 0. The van der Waals surface area contributed by atoms with Gasteiger partial charge in [0.1, 0.15) is 0 Å². The Balaban J connectivity index is 2.78. The summed E-state index contributed by atoms with van der Waals surface area (Å²) in [5.41, 5.74) is 0. The van der Waals surface area contributed by atoms with Crippen LogP contribution in [0.15, 0.2) is 12.2 Å². The molecule has 0 saturated heterocycles. The molecule has 42 valence electrons. The molecule has 0 atom stereocenters. The lowest BCUT2D eigenvalue weighted by molar-refractivity contribution is 0.234. The quantitative estimate of drug-likeness (QED) is 0.455. The summed E-state index contributed by atoms with van der Waals surface area (Å²) in [4.78, 5) is 0. The van der Waals surface area contributed by atoms with E-state index in [1.54, 1.807) is 7.11 Å². The lowest BCUT2D eigenvalue weighted by Gasteiger charge is -1.83. The molecule has 0 aromatic rings. The molecule has 7 heavy (non-hydrogen) atoms. The SMILES string of the molecule is COC/C=C\CBr. The molecule has 1 nitrogen and oxygen atoms in total. The zero-order chi connectivity index (χ0) is 5.54. The van der Waals surface area contributed by atoms with Gasteiger partial charge in [-0.1, -0.05) is 28.1 Å². The fourth-order valence-electron chi connectivity index (χ4n) is 0.227. The molecule has 0 spiro atoms. The van der Waals surface area contributed by atoms with Gasteiger partial charge in [0.25, 0.3) is 0 Å². The minimum Gasteiger partial charge on any atom is -0.381 e. The number of halogens is 1. The van der Waals surface area contributed by atoms with Gasteiger partial charge in [-0.2, -0.15) is 0 Å². The molecular weight excluding hydrogens is 156 g/mol. The van der Waals surface area contributed by atoms with E-state index >= 15 is 0 Å². The number of ether oxygens (including phenoxy) is 1. The van der Waals surface area contributed by atoms with Crippen LogP contribution >= 0.6 is 15.9 Å². The van der Waals surface area contributed by atoms with Crippen LogP contribution in [-0.4, -0.2) is 19.0 Å². The van der Waals surface area contributed by atoms with Crippen LogP contribution in [0.3, 0.4) is 0 Å². The molecule has 0 unspecified atom stereocenters. The standard InChI is InChI=1S/C5H9BrO/c1-7-5-3-2-4-6/h2-3H,4-5H2,1H3/b3-2-. The highest BCUT2D eigenvalue weighted by molar-refractivity contribution is 9.09. The van der Waals surface area contributed by atoms with Crippen LogP contribution in [0.25, 0.3) is 0 Å². The second-order valence-electron chi connectivity index (χ2n) is 1.08. The van der Waals surface area contributed by atoms with E-state index in [2.05, 4.69) is 15.9 Å². The maximum Gasteiger partial charge on any atom is 0.0643 e. The van der Waals surface area contributed by atoms with Crippen LogP contribution in [0.1, 0.15) is 0 Å². The Morgan fingerprint density at radius 3 is 2.71 bits per heavy atom. The first-order valence-corrected chi connectivity index (χ1v) is 3.24. The molecule has 0 fully saturated rings. The van der Waals surface area contributed by atoms with Crippen LogP contribution in [0, 0.1) is 0 Å². The predicted molar refractivity (Wildman–Crippen MR) is 34.8 cm³/mol. The third kappa shape index (κ3) is 6.18. The summed E-state index contributed by atoms with van der Waals surface area (Å²) in [6.07, 6.45) is 3.97. The van der Waals surface area contributed by atoms with Crippen molar-refractivity contribution >= 4 is 15.9 Å². The number of allylic oxidation sites excluding steroid dienone is 1. The normalized spacial score (nSPS) is 10.6. The first-order valence-electron chi connectivity index (χ1n) is 2.11. The van der Waals surface area contributed by atoms with E-state index in [1.807, 2.05) is 12.2 Å². The van der Waals surface area contributed by atoms with Gasteiger partial charge in [0.15, 0.2) is 0 Å². The Kier molecular flexibility index (Phi) is 6.34. The molecule has 0 aromatic carbocycles. The molecule has 0 aliphatic heterocycles. The minimum atomic E-state index is 0.714. The van der Waals surface area contributed by atoms with Crippen molar-refractivity contribution in [2.45, 2.75) is 0 Å². The summed E-state index contributed by atoms with van der Waals surface area (Å²) >= 11 is 3.24. The third-order valence-corrected chi connectivity index (χ3v) is 0.892. The number of alkyl halides is 1. The Bertz CT molecular complexity index is 52.0. The summed E-state index contributed by atoms with van der Waals surface area (Å²) in [7, 11) is 1.68. The highest BCUT2D eigenvalue weighted by Gasteiger charge is 1.67. The number of hydrogen-bond acceptors (Lipinski definition) is 1. The average Bonchev–Trinajstić information content (AvgIpc) is 1.69. The van der Waals surface area contributed by atoms with Crippen molar-refractivity contribution in [3.05, 3.63) is 12.2 Å². The predicted octanol–water partition coefficient (Wildman–Crippen LogP) is 1.58. The molecular formula is C5H9BrO. The topological polar surface area (TPSA) is 9.23 Å². The van der Waals surface area contributed by atoms with Crippen LogP contribution in [-0.2, 0) is 4.74 Å². The van der Waals surface area contributed by atoms with Crippen molar-refractivity contribution in [3.8, 4) is 0 Å². The van der Waals surface area contributed by atoms with Gasteiger partial charge in [-0.25, -0.2) is 0 Å². The van der Waals surface area contributed by atoms with Crippen molar-refractivity contribution in [1.82, 2.24) is 0 Å². The van der Waals surface area contributed by atoms with E-state index in [0.717, 1.165) is 5.33 Å². The van der Waals surface area contributed by atoms with Gasteiger partial charge in [-0.05, 0) is 0 Å². The molecule has 0 saturated carbocycles. The molecule has 0 rings (SSSR count). The lowest BCUT2D eigenvalue weighted by Crippen LogP contribution is -1.79. The van der Waals surface area contributed by atoms with E-state index in [0.29, 0.717) is 6.61 Å². The summed E-state index contributed by atoms with van der Waals surface area (Å²) in [6, 6.07) is 0. The summed E-state index contributed by atoms with van der Waals surface area (Å²) in [5.74, 6) is 0. The molecule has 0 radical (unpaired) electrons. The Morgan fingerprint density at radius 1 is 1.57 bits per heavy atom. The van der Waals surface area contributed by atoms with Gasteiger partial charge in [0, 0.05) is 12.4 Å². The smallest absolute Gasteiger partial charge is 0.0643 e. The van der Waals surface area contributed by atoms with Crippen LogP contribution in [0.4, 0.5) is 0 Å². The van der Waals surface area contributed by atoms with Gasteiger partial charge in [0.05, 0.1) is 6.61 Å². The highest BCUT2D eigenvalue weighted by atomic mass is 79.9. The summed E-state index contributed by atoms with van der Waals surface area (Å²) in [5, 5.41) is 0.913. The molecule has 0 amide bonds. The molecule has 0 N–H and O–H groups in total. The molecule has 0 aliphatic carbocycles. The van der Waals surface area contributed by atoms with Crippen LogP contribution in [0.2, 0.25) is 0 Å². The molecule has 0 bridgehead atoms. The maximum absolute atomic E-state index is 4.74. The second kappa shape index (κ2) is 6.18. The average molecular weight is 165 g/mol. The highest BCUT2D eigenvalue weighted by Crippen LogP contribution is 1.80. The Labute approximate surface area is 52.5 Å². The fourth-order valence-corrected chi connectivity index (χ4v) is 0.492. The van der Waals surface area contributed by atoms with Crippen molar-refractivity contribution < 1.29 is 4.74 Å². The Morgan fingerprint density at radius 2 is 2.29 bits per heavy atom. The largest absolute Gasteiger partial charge is 0.381 e. The van der Waals surface area contributed by atoms with E-state index in [4.69, 9.17) is 4.74 Å². The van der Waals surface area contributed by atoms with Crippen LogP contribution in [0.5, 0.6) is 0 Å². The van der Waals surface area contributed by atoms with Gasteiger partial charge in [-0.3, -0.25) is 0 Å².